The Kier molecular flexibility index (Phi) is 9.22. The molecule has 0 aliphatic heterocycles. The first-order valence-corrected chi connectivity index (χ1v) is 12.3. The topological polar surface area (TPSA) is 143 Å². The van der Waals surface area contributed by atoms with Crippen LogP contribution >= 0.6 is 0 Å². The maximum Gasteiger partial charge on any atom is 0.429 e. The van der Waals surface area contributed by atoms with Crippen molar-refractivity contribution < 1.29 is 23.9 Å². The van der Waals surface area contributed by atoms with Crippen LogP contribution in [0.25, 0.3) is 11.1 Å². The number of nitrogens with one attached hydrogen (secondary N) is 3. The average Bonchev–Trinajstić information content (AvgIpc) is 3.00. The van der Waals surface area contributed by atoms with E-state index in [1.165, 1.54) is 7.11 Å². The van der Waals surface area contributed by atoms with Gasteiger partial charge in [-0.2, -0.15) is 5.10 Å². The van der Waals surface area contributed by atoms with Gasteiger partial charge in [0, 0.05) is 17.7 Å². The number of aromatic amines is 1. The van der Waals surface area contributed by atoms with Crippen LogP contribution in [0.2, 0.25) is 0 Å². The first-order valence-electron chi connectivity index (χ1n) is 12.3. The number of carbonyl (C=O) groups is 3. The minimum absolute atomic E-state index is 0.0205. The van der Waals surface area contributed by atoms with Gasteiger partial charge < -0.3 is 9.47 Å². The van der Waals surface area contributed by atoms with E-state index < -0.39 is 23.7 Å². The Morgan fingerprint density at radius 3 is 2.27 bits per heavy atom. The molecule has 40 heavy (non-hydrogen) atoms. The summed E-state index contributed by atoms with van der Waals surface area (Å²) in [6.45, 7) is 0.0476. The van der Waals surface area contributed by atoms with Crippen molar-refractivity contribution in [3.8, 4) is 11.1 Å². The van der Waals surface area contributed by atoms with Gasteiger partial charge >= 0.3 is 12.2 Å². The van der Waals surface area contributed by atoms with Crippen molar-refractivity contribution >= 4 is 23.8 Å². The molecule has 3 amide bonds. The molecule has 0 bridgehead atoms. The van der Waals surface area contributed by atoms with Gasteiger partial charge in [-0.1, -0.05) is 60.7 Å². The minimum atomic E-state index is -0.744. The molecule has 1 heterocycles. The zero-order valence-corrected chi connectivity index (χ0v) is 21.6. The van der Waals surface area contributed by atoms with E-state index >= 15 is 0 Å². The predicted molar refractivity (Wildman–Crippen MR) is 147 cm³/mol. The molecule has 4 rings (SSSR count). The molecular formula is C29H27N5O6. The maximum absolute atomic E-state index is 12.9. The van der Waals surface area contributed by atoms with Crippen LogP contribution in [0.5, 0.6) is 0 Å². The Morgan fingerprint density at radius 2 is 1.60 bits per heavy atom. The highest BCUT2D eigenvalue weighted by Crippen LogP contribution is 2.19. The van der Waals surface area contributed by atoms with E-state index in [-0.39, 0.29) is 19.6 Å². The fourth-order valence-corrected chi connectivity index (χ4v) is 3.68. The van der Waals surface area contributed by atoms with Crippen LogP contribution in [-0.4, -0.2) is 47.0 Å². The van der Waals surface area contributed by atoms with E-state index in [1.54, 1.807) is 60.7 Å². The van der Waals surface area contributed by atoms with Crippen LogP contribution in [0.3, 0.4) is 0 Å². The molecular weight excluding hydrogens is 514 g/mol. The van der Waals surface area contributed by atoms with E-state index in [0.717, 1.165) is 10.6 Å². The molecule has 204 valence electrons. The molecule has 3 N–H and O–H groups in total. The van der Waals surface area contributed by atoms with E-state index in [9.17, 15) is 19.2 Å². The van der Waals surface area contributed by atoms with Crippen LogP contribution in [0.4, 0.5) is 15.3 Å². The maximum atomic E-state index is 12.9. The summed E-state index contributed by atoms with van der Waals surface area (Å²) in [6.07, 6.45) is -1.16. The third-order valence-corrected chi connectivity index (χ3v) is 5.77. The summed E-state index contributed by atoms with van der Waals surface area (Å²) in [5.74, 6) is -0.479. The Hall–Kier alpha value is -5.45. The van der Waals surface area contributed by atoms with Gasteiger partial charge in [-0.3, -0.25) is 20.3 Å². The lowest BCUT2D eigenvalue weighted by Crippen LogP contribution is -2.47. The van der Waals surface area contributed by atoms with Gasteiger partial charge in [0.2, 0.25) is 0 Å². The largest absolute Gasteiger partial charge is 0.453 e. The van der Waals surface area contributed by atoms with E-state index in [4.69, 9.17) is 4.74 Å². The fourth-order valence-electron chi connectivity index (χ4n) is 3.68. The van der Waals surface area contributed by atoms with Crippen LogP contribution in [0.15, 0.2) is 95.8 Å². The Bertz CT molecular complexity index is 1510. The van der Waals surface area contributed by atoms with Gasteiger partial charge in [-0.05, 0) is 41.5 Å². The minimum Gasteiger partial charge on any atom is -0.453 e. The first-order chi connectivity index (χ1) is 19.4. The zero-order valence-electron chi connectivity index (χ0n) is 21.6. The van der Waals surface area contributed by atoms with Gasteiger partial charge in [0.05, 0.1) is 24.9 Å². The lowest BCUT2D eigenvalue weighted by Gasteiger charge is -2.22. The van der Waals surface area contributed by atoms with Gasteiger partial charge in [-0.25, -0.2) is 19.7 Å². The third kappa shape index (κ3) is 7.54. The molecule has 0 saturated carbocycles. The number of hydrazine groups is 1. The van der Waals surface area contributed by atoms with E-state index in [1.807, 2.05) is 30.3 Å². The van der Waals surface area contributed by atoms with Crippen molar-refractivity contribution in [2.75, 3.05) is 19.0 Å². The van der Waals surface area contributed by atoms with Crippen LogP contribution < -0.4 is 16.3 Å². The van der Waals surface area contributed by atoms with E-state index in [2.05, 4.69) is 25.7 Å². The third-order valence-electron chi connectivity index (χ3n) is 5.77. The number of ether oxygens (including phenoxy) is 2. The summed E-state index contributed by atoms with van der Waals surface area (Å²) in [7, 11) is 1.26. The molecule has 0 unspecified atom stereocenters. The second kappa shape index (κ2) is 13.4. The fraction of sp³-hybridized carbons (Fsp3) is 0.138. The molecule has 1 aromatic heterocycles. The summed E-state index contributed by atoms with van der Waals surface area (Å²) in [5.41, 5.74) is 5.28. The molecule has 4 aromatic rings. The van der Waals surface area contributed by atoms with E-state index in [0.29, 0.717) is 28.1 Å². The number of hydrogen-bond donors (Lipinski definition) is 3. The number of H-pyrrole nitrogens is 1. The molecule has 0 spiro atoms. The molecule has 0 fully saturated rings. The number of carbonyl (C=O) groups excluding carboxylic acids is 3. The van der Waals surface area contributed by atoms with Crippen molar-refractivity contribution in [2.24, 2.45) is 0 Å². The predicted octanol–water partition coefficient (Wildman–Crippen LogP) is 4.14. The van der Waals surface area contributed by atoms with Gasteiger partial charge in [-0.15, -0.1) is 0 Å². The average molecular weight is 542 g/mol. The number of anilines is 1. The Morgan fingerprint density at radius 1 is 0.925 bits per heavy atom. The molecule has 11 heteroatoms. The number of nitrogens with zero attached hydrogens (tertiary/aromatic N) is 2. The lowest BCUT2D eigenvalue weighted by molar-refractivity contribution is 0.0616. The second-order valence-electron chi connectivity index (χ2n) is 8.54. The number of aromatic nitrogens is 2. The quantitative estimate of drug-likeness (QED) is 0.285. The smallest absolute Gasteiger partial charge is 0.429 e. The molecule has 0 saturated heterocycles. The van der Waals surface area contributed by atoms with Crippen LogP contribution in [0, 0.1) is 0 Å². The van der Waals surface area contributed by atoms with Crippen molar-refractivity contribution in [3.05, 3.63) is 118 Å². The van der Waals surface area contributed by atoms with Crippen molar-refractivity contribution in [1.29, 1.82) is 0 Å². The molecule has 0 aliphatic carbocycles. The highest BCUT2D eigenvalue weighted by molar-refractivity contribution is 5.94. The van der Waals surface area contributed by atoms with Crippen molar-refractivity contribution in [3.63, 3.8) is 0 Å². The van der Waals surface area contributed by atoms with Gasteiger partial charge in [0.25, 0.3) is 11.5 Å². The van der Waals surface area contributed by atoms with Crippen LogP contribution in [-0.2, 0) is 22.5 Å². The molecule has 0 aliphatic rings. The van der Waals surface area contributed by atoms with Crippen molar-refractivity contribution in [2.45, 2.75) is 13.0 Å². The SMILES string of the molecule is COC(=O)Nc1ccc(-c2cc(CCN(NC(=O)c3ccccc3)C(=O)OCc3ccccc3)n[nH]c2=O)cc1. The lowest BCUT2D eigenvalue weighted by atomic mass is 10.1. The first kappa shape index (κ1) is 27.6. The highest BCUT2D eigenvalue weighted by atomic mass is 16.6. The second-order valence-corrected chi connectivity index (χ2v) is 8.54. The summed E-state index contributed by atoms with van der Waals surface area (Å²) in [6, 6.07) is 25.9. The zero-order chi connectivity index (χ0) is 28.3. The molecule has 0 radical (unpaired) electrons. The molecule has 11 nitrogen and oxygen atoms in total. The monoisotopic (exact) mass is 541 g/mol. The number of rotatable bonds is 8. The Labute approximate surface area is 229 Å². The summed E-state index contributed by atoms with van der Waals surface area (Å²) in [5, 5.41) is 10.2. The normalized spacial score (nSPS) is 10.3. The summed E-state index contributed by atoms with van der Waals surface area (Å²) in [4.78, 5) is 49.6. The number of hydrogen-bond acceptors (Lipinski definition) is 7. The molecule has 3 aromatic carbocycles. The van der Waals surface area contributed by atoms with Crippen molar-refractivity contribution in [1.82, 2.24) is 20.6 Å². The Balaban J connectivity index is 1.48. The number of amides is 3. The van der Waals surface area contributed by atoms with Crippen LogP contribution in [0.1, 0.15) is 21.6 Å². The molecule has 0 atom stereocenters. The number of methoxy groups -OCH3 is 1. The standard InChI is InChI=1S/C29H27N5O6/c1-39-28(37)30-23-14-12-21(13-15-23)25-18-24(31-32-27(25)36)16-17-34(33-26(35)22-10-6-3-7-11-22)29(38)40-19-20-8-4-2-5-9-20/h2-15,18H,16-17,19H2,1H3,(H,30,37)(H,32,36)(H,33,35). The highest BCUT2D eigenvalue weighted by Gasteiger charge is 2.20. The summed E-state index contributed by atoms with van der Waals surface area (Å²) < 4.78 is 10.0. The number of benzene rings is 3. The van der Waals surface area contributed by atoms with Gasteiger partial charge in [0.15, 0.2) is 0 Å². The van der Waals surface area contributed by atoms with Gasteiger partial charge in [0.1, 0.15) is 6.61 Å². The summed E-state index contributed by atoms with van der Waals surface area (Å²) >= 11 is 0.